The number of halogens is 1. The lowest BCUT2D eigenvalue weighted by molar-refractivity contribution is 0.265. The Morgan fingerprint density at radius 1 is 1.57 bits per heavy atom. The van der Waals surface area contributed by atoms with E-state index in [-0.39, 0.29) is 12.4 Å². The van der Waals surface area contributed by atoms with Crippen LogP contribution in [0.1, 0.15) is 17.2 Å². The molecule has 0 bridgehead atoms. The van der Waals surface area contributed by atoms with E-state index in [9.17, 15) is 4.39 Å². The minimum Gasteiger partial charge on any atom is -0.394 e. The van der Waals surface area contributed by atoms with Crippen LogP contribution in [0.25, 0.3) is 0 Å². The maximum atomic E-state index is 13.4. The highest BCUT2D eigenvalue weighted by molar-refractivity contribution is 7.98. The Balaban J connectivity index is 3.17. The molecular weight excluding hydrogens is 201 g/mol. The van der Waals surface area contributed by atoms with Gasteiger partial charge in [0.25, 0.3) is 0 Å². The van der Waals surface area contributed by atoms with Gasteiger partial charge in [-0.25, -0.2) is 4.39 Å². The minimum absolute atomic E-state index is 0.242. The number of hydrogen-bond acceptors (Lipinski definition) is 3. The predicted octanol–water partition coefficient (Wildman–Crippen LogP) is 1.85. The van der Waals surface area contributed by atoms with E-state index in [1.54, 1.807) is 17.8 Å². The summed E-state index contributed by atoms with van der Waals surface area (Å²) in [4.78, 5) is 0.991. The molecule has 0 saturated carbocycles. The van der Waals surface area contributed by atoms with Gasteiger partial charge >= 0.3 is 0 Å². The van der Waals surface area contributed by atoms with Crippen LogP contribution in [0, 0.1) is 12.7 Å². The van der Waals surface area contributed by atoms with Gasteiger partial charge < -0.3 is 10.8 Å². The zero-order valence-electron chi connectivity index (χ0n) is 8.25. The average Bonchev–Trinajstić information content (AvgIpc) is 2.17. The van der Waals surface area contributed by atoms with E-state index in [1.165, 1.54) is 6.07 Å². The van der Waals surface area contributed by atoms with Gasteiger partial charge in [0.2, 0.25) is 0 Å². The van der Waals surface area contributed by atoms with Crippen LogP contribution in [-0.2, 0) is 0 Å². The molecule has 0 amide bonds. The van der Waals surface area contributed by atoms with Crippen molar-refractivity contribution in [3.05, 3.63) is 29.1 Å². The molecule has 1 unspecified atom stereocenters. The second kappa shape index (κ2) is 4.77. The number of aliphatic hydroxyl groups is 1. The number of rotatable bonds is 3. The molecule has 2 nitrogen and oxygen atoms in total. The average molecular weight is 215 g/mol. The van der Waals surface area contributed by atoms with Crippen molar-refractivity contribution >= 4 is 11.8 Å². The minimum atomic E-state index is -0.638. The fraction of sp³-hybridized carbons (Fsp3) is 0.400. The lowest BCUT2D eigenvalue weighted by Gasteiger charge is -2.12. The van der Waals surface area contributed by atoms with Crippen LogP contribution in [0.4, 0.5) is 4.39 Å². The molecule has 0 spiro atoms. The predicted molar refractivity (Wildman–Crippen MR) is 56.9 cm³/mol. The summed E-state index contributed by atoms with van der Waals surface area (Å²) < 4.78 is 13.4. The van der Waals surface area contributed by atoms with Crippen LogP contribution in [0.15, 0.2) is 17.0 Å². The van der Waals surface area contributed by atoms with Gasteiger partial charge in [-0.2, -0.15) is 0 Å². The SMILES string of the molecule is CSc1cc(C(N)CO)c(F)cc1C. The summed E-state index contributed by atoms with van der Waals surface area (Å²) in [6.45, 7) is 1.61. The van der Waals surface area contributed by atoms with Gasteiger partial charge in [-0.1, -0.05) is 0 Å². The monoisotopic (exact) mass is 215 g/mol. The van der Waals surface area contributed by atoms with Crippen LogP contribution in [0.3, 0.4) is 0 Å². The fourth-order valence-corrected chi connectivity index (χ4v) is 1.90. The molecular formula is C10H14FNOS. The van der Waals surface area contributed by atoms with Crippen molar-refractivity contribution < 1.29 is 9.50 Å². The van der Waals surface area contributed by atoms with Crippen LogP contribution in [-0.4, -0.2) is 18.0 Å². The smallest absolute Gasteiger partial charge is 0.128 e. The fourth-order valence-electron chi connectivity index (χ4n) is 1.27. The van der Waals surface area contributed by atoms with Crippen LogP contribution < -0.4 is 5.73 Å². The molecule has 1 rings (SSSR count). The summed E-state index contributed by atoms with van der Waals surface area (Å²) in [6, 6.07) is 2.52. The standard InChI is InChI=1S/C10H14FNOS/c1-6-3-8(11)7(9(12)5-13)4-10(6)14-2/h3-4,9,13H,5,12H2,1-2H3. The van der Waals surface area contributed by atoms with E-state index in [1.807, 2.05) is 13.2 Å². The summed E-state index contributed by atoms with van der Waals surface area (Å²) in [5.41, 5.74) is 6.84. The first-order chi connectivity index (χ1) is 6.60. The molecule has 0 aliphatic rings. The van der Waals surface area contributed by atoms with Gasteiger partial charge in [0.05, 0.1) is 12.6 Å². The van der Waals surface area contributed by atoms with Gasteiger partial charge in [0, 0.05) is 10.5 Å². The number of aryl methyl sites for hydroxylation is 1. The summed E-state index contributed by atoms with van der Waals surface area (Å²) >= 11 is 1.54. The van der Waals surface area contributed by atoms with Gasteiger partial charge in [-0.3, -0.25) is 0 Å². The molecule has 1 atom stereocenters. The number of benzene rings is 1. The Bertz CT molecular complexity index is 330. The molecule has 0 radical (unpaired) electrons. The third-order valence-corrected chi connectivity index (χ3v) is 2.99. The van der Waals surface area contributed by atoms with E-state index < -0.39 is 6.04 Å². The van der Waals surface area contributed by atoms with Gasteiger partial charge in [-0.15, -0.1) is 11.8 Å². The number of nitrogens with two attached hydrogens (primary N) is 1. The molecule has 4 heteroatoms. The molecule has 0 aliphatic carbocycles. The molecule has 0 heterocycles. The molecule has 1 aromatic carbocycles. The van der Waals surface area contributed by atoms with E-state index in [4.69, 9.17) is 10.8 Å². The van der Waals surface area contributed by atoms with Crippen LogP contribution in [0.2, 0.25) is 0 Å². The molecule has 1 aromatic rings. The van der Waals surface area contributed by atoms with E-state index in [2.05, 4.69) is 0 Å². The Kier molecular flexibility index (Phi) is 3.92. The lowest BCUT2D eigenvalue weighted by Crippen LogP contribution is -2.16. The first-order valence-corrected chi connectivity index (χ1v) is 5.53. The molecule has 0 aromatic heterocycles. The Morgan fingerprint density at radius 3 is 2.71 bits per heavy atom. The van der Waals surface area contributed by atoms with Gasteiger partial charge in [0.15, 0.2) is 0 Å². The highest BCUT2D eigenvalue weighted by Gasteiger charge is 2.12. The molecule has 3 N–H and O–H groups in total. The van der Waals surface area contributed by atoms with Crippen molar-refractivity contribution in [3.63, 3.8) is 0 Å². The van der Waals surface area contributed by atoms with E-state index in [0.29, 0.717) is 5.56 Å². The molecule has 78 valence electrons. The lowest BCUT2D eigenvalue weighted by atomic mass is 10.1. The highest BCUT2D eigenvalue weighted by Crippen LogP contribution is 2.26. The zero-order valence-corrected chi connectivity index (χ0v) is 9.07. The van der Waals surface area contributed by atoms with Crippen molar-refractivity contribution in [1.29, 1.82) is 0 Å². The maximum absolute atomic E-state index is 13.4. The van der Waals surface area contributed by atoms with Crippen LogP contribution >= 0.6 is 11.8 Å². The topological polar surface area (TPSA) is 46.2 Å². The van der Waals surface area contributed by atoms with Gasteiger partial charge in [-0.05, 0) is 30.9 Å². The maximum Gasteiger partial charge on any atom is 0.128 e. The normalized spacial score (nSPS) is 12.9. The first-order valence-electron chi connectivity index (χ1n) is 4.30. The van der Waals surface area contributed by atoms with Crippen molar-refractivity contribution in [1.82, 2.24) is 0 Å². The van der Waals surface area contributed by atoms with Gasteiger partial charge in [0.1, 0.15) is 5.82 Å². The van der Waals surface area contributed by atoms with Crippen molar-refractivity contribution in [2.45, 2.75) is 17.9 Å². The van der Waals surface area contributed by atoms with Crippen LogP contribution in [0.5, 0.6) is 0 Å². The Hall–Kier alpha value is -0.580. The summed E-state index contributed by atoms with van der Waals surface area (Å²) in [5.74, 6) is -0.346. The summed E-state index contributed by atoms with van der Waals surface area (Å²) in [5, 5.41) is 8.85. The largest absolute Gasteiger partial charge is 0.394 e. The Morgan fingerprint density at radius 2 is 2.21 bits per heavy atom. The zero-order chi connectivity index (χ0) is 10.7. The Labute approximate surface area is 87.3 Å². The van der Waals surface area contributed by atoms with E-state index >= 15 is 0 Å². The van der Waals surface area contributed by atoms with Crippen molar-refractivity contribution in [2.75, 3.05) is 12.9 Å². The summed E-state index contributed by atoms with van der Waals surface area (Å²) in [7, 11) is 0. The number of hydrogen-bond donors (Lipinski definition) is 2. The quantitative estimate of drug-likeness (QED) is 0.756. The molecule has 0 saturated heterocycles. The second-order valence-electron chi connectivity index (χ2n) is 3.13. The molecule has 14 heavy (non-hydrogen) atoms. The van der Waals surface area contributed by atoms with Crippen molar-refractivity contribution in [3.8, 4) is 0 Å². The third kappa shape index (κ3) is 2.26. The molecule has 0 fully saturated rings. The molecule has 0 aliphatic heterocycles. The highest BCUT2D eigenvalue weighted by atomic mass is 32.2. The third-order valence-electron chi connectivity index (χ3n) is 2.11. The van der Waals surface area contributed by atoms with Crippen molar-refractivity contribution in [2.24, 2.45) is 5.73 Å². The van der Waals surface area contributed by atoms with E-state index in [0.717, 1.165) is 10.5 Å². The number of thioether (sulfide) groups is 1. The second-order valence-corrected chi connectivity index (χ2v) is 3.98. The number of aliphatic hydroxyl groups excluding tert-OH is 1. The first kappa shape index (κ1) is 11.5. The summed E-state index contributed by atoms with van der Waals surface area (Å²) in [6.07, 6.45) is 1.93.